The number of rotatable bonds is 8. The second-order valence-electron chi connectivity index (χ2n) is 7.01. The van der Waals surface area contributed by atoms with Crippen molar-refractivity contribution in [3.8, 4) is 10.6 Å². The predicted molar refractivity (Wildman–Crippen MR) is 119 cm³/mol. The van der Waals surface area contributed by atoms with E-state index < -0.39 is 10.0 Å². The smallest absolute Gasteiger partial charge is 0.252 e. The summed E-state index contributed by atoms with van der Waals surface area (Å²) in [7, 11) is -3.66. The molecular formula is C23H22N2O3S2. The molecule has 0 unspecified atom stereocenters. The van der Waals surface area contributed by atoms with E-state index in [9.17, 15) is 8.42 Å². The van der Waals surface area contributed by atoms with Gasteiger partial charge in [0, 0.05) is 19.2 Å². The maximum Gasteiger partial charge on any atom is 0.252 e. The molecule has 0 atom stereocenters. The summed E-state index contributed by atoms with van der Waals surface area (Å²) in [5.74, 6) is 0.581. The van der Waals surface area contributed by atoms with Crippen LogP contribution in [0.5, 0.6) is 0 Å². The van der Waals surface area contributed by atoms with Crippen LogP contribution in [0.15, 0.2) is 87.6 Å². The molecule has 154 valence electrons. The highest BCUT2D eigenvalue weighted by Crippen LogP contribution is 2.33. The van der Waals surface area contributed by atoms with Gasteiger partial charge in [0.2, 0.25) is 0 Å². The molecule has 5 nitrogen and oxygen atoms in total. The molecule has 0 saturated carbocycles. The van der Waals surface area contributed by atoms with Crippen LogP contribution in [0.25, 0.3) is 10.6 Å². The number of hydrogen-bond acceptors (Lipinski definition) is 5. The van der Waals surface area contributed by atoms with Gasteiger partial charge in [-0.3, -0.25) is 0 Å². The van der Waals surface area contributed by atoms with Crippen LogP contribution in [0, 0.1) is 6.92 Å². The van der Waals surface area contributed by atoms with Crippen LogP contribution >= 0.6 is 11.3 Å². The minimum absolute atomic E-state index is 0.301. The second-order valence-corrected chi connectivity index (χ2v) is 10.3. The second kappa shape index (κ2) is 8.95. The van der Waals surface area contributed by atoms with Crippen LogP contribution < -0.4 is 0 Å². The number of hydrogen-bond donors (Lipinski definition) is 0. The summed E-state index contributed by atoms with van der Waals surface area (Å²) < 4.78 is 34.1. The van der Waals surface area contributed by atoms with E-state index in [2.05, 4.69) is 5.16 Å². The highest BCUT2D eigenvalue weighted by atomic mass is 32.2. The quantitative estimate of drug-likeness (QED) is 0.382. The van der Waals surface area contributed by atoms with Crippen LogP contribution in [-0.4, -0.2) is 24.4 Å². The first-order chi connectivity index (χ1) is 14.5. The number of benzene rings is 2. The monoisotopic (exact) mass is 438 g/mol. The Balaban J connectivity index is 1.61. The summed E-state index contributed by atoms with van der Waals surface area (Å²) in [6, 6.07) is 24.8. The molecule has 4 rings (SSSR count). The fourth-order valence-electron chi connectivity index (χ4n) is 3.17. The van der Waals surface area contributed by atoms with Gasteiger partial charge in [0.05, 0.1) is 10.6 Å². The molecular weight excluding hydrogens is 416 g/mol. The van der Waals surface area contributed by atoms with Crippen LogP contribution in [0.2, 0.25) is 0 Å². The van der Waals surface area contributed by atoms with E-state index in [0.717, 1.165) is 21.7 Å². The first-order valence-corrected chi connectivity index (χ1v) is 11.9. The van der Waals surface area contributed by atoms with Gasteiger partial charge in [0.15, 0.2) is 5.76 Å². The van der Waals surface area contributed by atoms with Crippen molar-refractivity contribution >= 4 is 21.4 Å². The molecule has 2 heterocycles. The van der Waals surface area contributed by atoms with E-state index in [1.165, 1.54) is 11.3 Å². The third kappa shape index (κ3) is 4.70. The standard InChI is InChI=1S/C23H22N2O3S2/c1-18-16-21(28-24-18)22-12-13-23(29-22)30(26,27)25(17-20-10-6-3-7-11-20)15-14-19-8-4-2-5-9-19/h2-13,16H,14-15,17H2,1H3. The fraction of sp³-hybridized carbons (Fsp3) is 0.174. The maximum atomic E-state index is 13.5. The molecule has 2 aromatic heterocycles. The van der Waals surface area contributed by atoms with Crippen LogP contribution in [-0.2, 0) is 23.0 Å². The number of aromatic nitrogens is 1. The van der Waals surface area contributed by atoms with Gasteiger partial charge in [-0.05, 0) is 36.6 Å². The molecule has 4 aromatic rings. The van der Waals surface area contributed by atoms with Crippen molar-refractivity contribution in [2.24, 2.45) is 0 Å². The Kier molecular flexibility index (Phi) is 6.13. The molecule has 0 bridgehead atoms. The Morgan fingerprint density at radius 1 is 0.933 bits per heavy atom. The maximum absolute atomic E-state index is 13.5. The molecule has 0 aliphatic rings. The molecule has 0 saturated heterocycles. The SMILES string of the molecule is Cc1cc(-c2ccc(S(=O)(=O)N(CCc3ccccc3)Cc3ccccc3)s2)on1. The van der Waals surface area contributed by atoms with E-state index in [1.54, 1.807) is 22.5 Å². The van der Waals surface area contributed by atoms with Gasteiger partial charge in [-0.15, -0.1) is 11.3 Å². The van der Waals surface area contributed by atoms with Crippen molar-refractivity contribution in [2.75, 3.05) is 6.54 Å². The zero-order valence-corrected chi connectivity index (χ0v) is 18.2. The lowest BCUT2D eigenvalue weighted by Gasteiger charge is -2.21. The fourth-order valence-corrected chi connectivity index (χ4v) is 6.01. The van der Waals surface area contributed by atoms with Crippen LogP contribution in [0.3, 0.4) is 0 Å². The first-order valence-electron chi connectivity index (χ1n) is 9.64. The van der Waals surface area contributed by atoms with Crippen molar-refractivity contribution in [3.05, 3.63) is 95.7 Å². The van der Waals surface area contributed by atoms with Crippen molar-refractivity contribution in [2.45, 2.75) is 24.1 Å². The van der Waals surface area contributed by atoms with Gasteiger partial charge < -0.3 is 4.52 Å². The van der Waals surface area contributed by atoms with E-state index in [-0.39, 0.29) is 0 Å². The summed E-state index contributed by atoms with van der Waals surface area (Å²) in [5, 5.41) is 3.89. The van der Waals surface area contributed by atoms with E-state index >= 15 is 0 Å². The van der Waals surface area contributed by atoms with Gasteiger partial charge in [0.1, 0.15) is 4.21 Å². The molecule has 0 N–H and O–H groups in total. The molecule has 0 aliphatic heterocycles. The molecule has 0 amide bonds. The predicted octanol–water partition coefficient (Wildman–Crippen LogP) is 5.15. The third-order valence-electron chi connectivity index (χ3n) is 4.74. The molecule has 0 radical (unpaired) electrons. The average Bonchev–Trinajstić information content (AvgIpc) is 3.42. The Labute approximate surface area is 180 Å². The van der Waals surface area contributed by atoms with E-state index in [4.69, 9.17) is 4.52 Å². The number of sulfonamides is 1. The lowest BCUT2D eigenvalue weighted by molar-refractivity contribution is 0.411. The minimum atomic E-state index is -3.66. The van der Waals surface area contributed by atoms with E-state index in [1.807, 2.05) is 67.6 Å². The van der Waals surface area contributed by atoms with Crippen molar-refractivity contribution in [1.82, 2.24) is 9.46 Å². The summed E-state index contributed by atoms with van der Waals surface area (Å²) in [5.41, 5.74) is 2.82. The normalized spacial score (nSPS) is 11.8. The summed E-state index contributed by atoms with van der Waals surface area (Å²) in [6.45, 7) is 2.56. The molecule has 7 heteroatoms. The molecule has 2 aromatic carbocycles. The summed E-state index contributed by atoms with van der Waals surface area (Å²) in [4.78, 5) is 0.747. The molecule has 0 fully saturated rings. The Morgan fingerprint density at radius 3 is 2.23 bits per heavy atom. The average molecular weight is 439 g/mol. The Hall–Kier alpha value is -2.74. The lowest BCUT2D eigenvalue weighted by Crippen LogP contribution is -2.32. The molecule has 0 aliphatic carbocycles. The topological polar surface area (TPSA) is 63.4 Å². The van der Waals surface area contributed by atoms with Gasteiger partial charge in [-0.2, -0.15) is 4.31 Å². The summed E-state index contributed by atoms with van der Waals surface area (Å²) >= 11 is 1.20. The van der Waals surface area contributed by atoms with Crippen LogP contribution in [0.4, 0.5) is 0 Å². The Bertz CT molecular complexity index is 1200. The number of nitrogens with zero attached hydrogens (tertiary/aromatic N) is 2. The minimum Gasteiger partial charge on any atom is -0.355 e. The molecule has 0 spiro atoms. The van der Waals surface area contributed by atoms with Crippen molar-refractivity contribution in [3.63, 3.8) is 0 Å². The zero-order valence-electron chi connectivity index (χ0n) is 16.6. The third-order valence-corrected chi connectivity index (χ3v) is 8.15. The zero-order chi connectivity index (χ0) is 21.0. The number of thiophene rings is 1. The largest absolute Gasteiger partial charge is 0.355 e. The lowest BCUT2D eigenvalue weighted by atomic mass is 10.1. The van der Waals surface area contributed by atoms with Crippen molar-refractivity contribution < 1.29 is 12.9 Å². The van der Waals surface area contributed by atoms with Gasteiger partial charge in [-0.25, -0.2) is 8.42 Å². The first kappa shape index (κ1) is 20.5. The van der Waals surface area contributed by atoms with Crippen molar-refractivity contribution in [1.29, 1.82) is 0 Å². The van der Waals surface area contributed by atoms with E-state index in [0.29, 0.717) is 29.5 Å². The highest BCUT2D eigenvalue weighted by Gasteiger charge is 2.27. The Morgan fingerprint density at radius 2 is 1.60 bits per heavy atom. The van der Waals surface area contributed by atoms with Gasteiger partial charge in [-0.1, -0.05) is 65.8 Å². The van der Waals surface area contributed by atoms with Gasteiger partial charge >= 0.3 is 0 Å². The van der Waals surface area contributed by atoms with Gasteiger partial charge in [0.25, 0.3) is 10.0 Å². The highest BCUT2D eigenvalue weighted by molar-refractivity contribution is 7.91. The number of aryl methyl sites for hydroxylation is 1. The van der Waals surface area contributed by atoms with Crippen LogP contribution in [0.1, 0.15) is 16.8 Å². The molecule has 30 heavy (non-hydrogen) atoms. The summed E-state index contributed by atoms with van der Waals surface area (Å²) in [6.07, 6.45) is 0.645.